The Morgan fingerprint density at radius 1 is 1.12 bits per heavy atom. The summed E-state index contributed by atoms with van der Waals surface area (Å²) in [4.78, 5) is 19.6. The minimum Gasteiger partial charge on any atom is -0.378 e. The summed E-state index contributed by atoms with van der Waals surface area (Å²) in [5.74, 6) is -1.68. The van der Waals surface area contributed by atoms with E-state index in [-0.39, 0.29) is 17.7 Å². The fourth-order valence-corrected chi connectivity index (χ4v) is 4.32. The highest BCUT2D eigenvalue weighted by Gasteiger charge is 2.21. The lowest BCUT2D eigenvalue weighted by atomic mass is 10.0. The summed E-state index contributed by atoms with van der Waals surface area (Å²) in [6.07, 6.45) is 6.28. The topological polar surface area (TPSA) is 47.4 Å². The second kappa shape index (κ2) is 8.48. The first-order chi connectivity index (χ1) is 15.5. The second-order valence-corrected chi connectivity index (χ2v) is 8.20. The highest BCUT2D eigenvalue weighted by Crippen LogP contribution is 2.33. The molecule has 1 saturated heterocycles. The SMILES string of the molecule is O=c1cc(C2=CCc3ncc(N4CCOCC4)cc32)ccn1Cc1ccc(F)c(Cl)c1F. The molecule has 1 aliphatic carbocycles. The van der Waals surface area contributed by atoms with Crippen LogP contribution in [0.1, 0.15) is 22.4 Å². The molecule has 32 heavy (non-hydrogen) atoms. The Morgan fingerprint density at radius 2 is 1.94 bits per heavy atom. The Kier molecular flexibility index (Phi) is 5.53. The van der Waals surface area contributed by atoms with E-state index in [2.05, 4.69) is 22.0 Å². The summed E-state index contributed by atoms with van der Waals surface area (Å²) in [5, 5.41) is -0.566. The summed E-state index contributed by atoms with van der Waals surface area (Å²) in [6.45, 7) is 2.98. The lowest BCUT2D eigenvalue weighted by Gasteiger charge is -2.29. The van der Waals surface area contributed by atoms with Gasteiger partial charge in [0.25, 0.3) is 5.56 Å². The first-order valence-corrected chi connectivity index (χ1v) is 10.7. The van der Waals surface area contributed by atoms with E-state index in [0.717, 1.165) is 47.2 Å². The van der Waals surface area contributed by atoms with Crippen molar-refractivity contribution in [2.24, 2.45) is 0 Å². The first-order valence-electron chi connectivity index (χ1n) is 10.4. The van der Waals surface area contributed by atoms with Gasteiger partial charge in [-0.15, -0.1) is 0 Å². The Labute approximate surface area is 188 Å². The third-order valence-corrected chi connectivity index (χ3v) is 6.23. The number of benzene rings is 1. The molecule has 5 nitrogen and oxygen atoms in total. The lowest BCUT2D eigenvalue weighted by molar-refractivity contribution is 0.122. The number of halogens is 3. The molecule has 0 spiro atoms. The van der Waals surface area contributed by atoms with Crippen LogP contribution in [0.3, 0.4) is 0 Å². The summed E-state index contributed by atoms with van der Waals surface area (Å²) < 4.78 is 34.5. The number of ether oxygens (including phenoxy) is 1. The number of anilines is 1. The van der Waals surface area contributed by atoms with Crippen molar-refractivity contribution in [1.82, 2.24) is 9.55 Å². The van der Waals surface area contributed by atoms with Crippen LogP contribution < -0.4 is 10.5 Å². The average molecular weight is 456 g/mol. The van der Waals surface area contributed by atoms with Gasteiger partial charge in [-0.1, -0.05) is 23.7 Å². The molecule has 0 unspecified atom stereocenters. The van der Waals surface area contributed by atoms with E-state index in [9.17, 15) is 13.6 Å². The molecule has 1 fully saturated rings. The predicted octanol–water partition coefficient (Wildman–Crippen LogP) is 4.05. The predicted molar refractivity (Wildman–Crippen MR) is 119 cm³/mol. The monoisotopic (exact) mass is 455 g/mol. The van der Waals surface area contributed by atoms with Gasteiger partial charge in [0.1, 0.15) is 16.7 Å². The molecule has 8 heteroatoms. The zero-order valence-corrected chi connectivity index (χ0v) is 17.9. The van der Waals surface area contributed by atoms with Crippen molar-refractivity contribution >= 4 is 22.9 Å². The summed E-state index contributed by atoms with van der Waals surface area (Å²) in [6, 6.07) is 7.87. The highest BCUT2D eigenvalue weighted by molar-refractivity contribution is 6.30. The highest BCUT2D eigenvalue weighted by atomic mass is 35.5. The molecule has 0 N–H and O–H groups in total. The van der Waals surface area contributed by atoms with E-state index in [0.29, 0.717) is 19.6 Å². The van der Waals surface area contributed by atoms with Gasteiger partial charge in [0, 0.05) is 42.9 Å². The van der Waals surface area contributed by atoms with Crippen LogP contribution >= 0.6 is 11.6 Å². The van der Waals surface area contributed by atoms with Crippen molar-refractivity contribution in [2.45, 2.75) is 13.0 Å². The van der Waals surface area contributed by atoms with Gasteiger partial charge in [0.15, 0.2) is 0 Å². The van der Waals surface area contributed by atoms with Crippen molar-refractivity contribution in [3.63, 3.8) is 0 Å². The molecule has 5 rings (SSSR count). The van der Waals surface area contributed by atoms with E-state index in [1.807, 2.05) is 12.3 Å². The van der Waals surface area contributed by atoms with Crippen LogP contribution in [0.2, 0.25) is 5.02 Å². The Balaban J connectivity index is 1.42. The molecule has 3 heterocycles. The molecule has 2 aliphatic rings. The van der Waals surface area contributed by atoms with Crippen LogP contribution in [-0.2, 0) is 17.7 Å². The van der Waals surface area contributed by atoms with Crippen molar-refractivity contribution in [3.05, 3.63) is 98.2 Å². The summed E-state index contributed by atoms with van der Waals surface area (Å²) in [5.41, 5.74) is 4.64. The number of pyridine rings is 2. The van der Waals surface area contributed by atoms with Crippen LogP contribution in [0.25, 0.3) is 5.57 Å². The van der Waals surface area contributed by atoms with Crippen molar-refractivity contribution < 1.29 is 13.5 Å². The van der Waals surface area contributed by atoms with Gasteiger partial charge >= 0.3 is 0 Å². The van der Waals surface area contributed by atoms with E-state index in [1.165, 1.54) is 16.7 Å². The molecule has 0 atom stereocenters. The first kappa shape index (κ1) is 20.8. The molecule has 0 saturated carbocycles. The molecular weight excluding hydrogens is 436 g/mol. The number of morpholine rings is 1. The smallest absolute Gasteiger partial charge is 0.251 e. The number of fused-ring (bicyclic) bond motifs is 1. The number of rotatable bonds is 4. The van der Waals surface area contributed by atoms with Gasteiger partial charge in [-0.2, -0.15) is 0 Å². The molecule has 1 aliphatic heterocycles. The Morgan fingerprint density at radius 3 is 2.72 bits per heavy atom. The summed E-state index contributed by atoms with van der Waals surface area (Å²) in [7, 11) is 0. The zero-order valence-electron chi connectivity index (χ0n) is 17.2. The average Bonchev–Trinajstić information content (AvgIpc) is 3.24. The fourth-order valence-electron chi connectivity index (χ4n) is 4.13. The van der Waals surface area contributed by atoms with Crippen LogP contribution in [0.4, 0.5) is 14.5 Å². The molecular formula is C24H20ClF2N3O2. The maximum absolute atomic E-state index is 14.2. The van der Waals surface area contributed by atoms with Crippen molar-refractivity contribution in [3.8, 4) is 0 Å². The van der Waals surface area contributed by atoms with Crippen LogP contribution in [-0.4, -0.2) is 35.9 Å². The number of hydrogen-bond acceptors (Lipinski definition) is 4. The maximum atomic E-state index is 14.2. The van der Waals surface area contributed by atoms with Crippen molar-refractivity contribution in [2.75, 3.05) is 31.2 Å². The van der Waals surface area contributed by atoms with E-state index in [4.69, 9.17) is 16.3 Å². The number of hydrogen-bond donors (Lipinski definition) is 0. The molecule has 0 amide bonds. The van der Waals surface area contributed by atoms with Gasteiger partial charge < -0.3 is 14.2 Å². The zero-order chi connectivity index (χ0) is 22.2. The molecule has 0 bridgehead atoms. The molecule has 164 valence electrons. The lowest BCUT2D eigenvalue weighted by Crippen LogP contribution is -2.36. The van der Waals surface area contributed by atoms with Gasteiger partial charge in [-0.25, -0.2) is 8.78 Å². The maximum Gasteiger partial charge on any atom is 0.251 e. The quantitative estimate of drug-likeness (QED) is 0.557. The molecule has 2 aromatic heterocycles. The largest absolute Gasteiger partial charge is 0.378 e. The van der Waals surface area contributed by atoms with Gasteiger partial charge in [-0.3, -0.25) is 9.78 Å². The standard InChI is InChI=1S/C24H20ClF2N3O2/c25-23-20(26)3-1-16(24(23)27)14-30-6-5-15(11-22(30)31)18-2-4-21-19(18)12-17(13-28-21)29-7-9-32-10-8-29/h1-3,5-6,11-13H,4,7-10,14H2. The van der Waals surface area contributed by atoms with E-state index in [1.54, 1.807) is 6.20 Å². The minimum atomic E-state index is -0.850. The Hall–Kier alpha value is -3.03. The fraction of sp³-hybridized carbons (Fsp3) is 0.250. The van der Waals surface area contributed by atoms with Crippen LogP contribution in [0, 0.1) is 11.6 Å². The number of nitrogens with zero attached hydrogens (tertiary/aromatic N) is 3. The van der Waals surface area contributed by atoms with E-state index >= 15 is 0 Å². The van der Waals surface area contributed by atoms with Crippen molar-refractivity contribution in [1.29, 1.82) is 0 Å². The second-order valence-electron chi connectivity index (χ2n) is 7.83. The number of aromatic nitrogens is 2. The van der Waals surface area contributed by atoms with Crippen LogP contribution in [0.5, 0.6) is 0 Å². The molecule has 1 aromatic carbocycles. The van der Waals surface area contributed by atoms with Gasteiger partial charge in [0.05, 0.1) is 37.3 Å². The summed E-state index contributed by atoms with van der Waals surface area (Å²) >= 11 is 5.66. The third kappa shape index (κ3) is 3.82. The van der Waals surface area contributed by atoms with Crippen LogP contribution in [0.15, 0.2) is 53.6 Å². The molecule has 3 aromatic rings. The minimum absolute atomic E-state index is 0.0384. The number of allylic oxidation sites excluding steroid dienone is 1. The Bertz CT molecular complexity index is 1280. The van der Waals surface area contributed by atoms with E-state index < -0.39 is 16.7 Å². The van der Waals surface area contributed by atoms with Gasteiger partial charge in [-0.05, 0) is 29.3 Å². The van der Waals surface area contributed by atoms with Gasteiger partial charge in [0.2, 0.25) is 0 Å². The normalized spacial score (nSPS) is 15.6. The third-order valence-electron chi connectivity index (χ3n) is 5.88. The molecule has 0 radical (unpaired) electrons.